The van der Waals surface area contributed by atoms with Crippen LogP contribution in [0.3, 0.4) is 0 Å². The number of H-pyrrole nitrogens is 2. The molecule has 2 fully saturated rings. The summed E-state index contributed by atoms with van der Waals surface area (Å²) in [4.78, 5) is 45.1. The molecule has 0 aromatic carbocycles. The first-order valence-electron chi connectivity index (χ1n) is 12.8. The van der Waals surface area contributed by atoms with E-state index in [4.69, 9.17) is 24.0 Å². The molecule has 2 aliphatic heterocycles. The Morgan fingerprint density at radius 2 is 1.89 bits per heavy atom. The molecule has 0 spiro atoms. The first-order chi connectivity index (χ1) is 21.4. The monoisotopic (exact) mass is 727 g/mol. The summed E-state index contributed by atoms with van der Waals surface area (Å²) in [6.45, 7) is -5.59. The lowest BCUT2D eigenvalue weighted by molar-refractivity contribution is -0.0427. The van der Waals surface area contributed by atoms with Gasteiger partial charge < -0.3 is 30.2 Å². The van der Waals surface area contributed by atoms with Crippen molar-refractivity contribution >= 4 is 78.6 Å². The first-order valence-corrected chi connectivity index (χ1v) is 19.0. The van der Waals surface area contributed by atoms with Crippen LogP contribution >= 0.6 is 50.3 Å². The number of imidazole rings is 2. The topological polar surface area (TPSA) is 265 Å². The van der Waals surface area contributed by atoms with Crippen molar-refractivity contribution in [2.75, 3.05) is 18.9 Å². The molecule has 19 nitrogen and oxygen atoms in total. The second kappa shape index (κ2) is 12.7. The van der Waals surface area contributed by atoms with Crippen molar-refractivity contribution in [3.63, 3.8) is 0 Å². The zero-order chi connectivity index (χ0) is 32.2. The summed E-state index contributed by atoms with van der Waals surface area (Å²) in [5, 5.41) is 19.0. The van der Waals surface area contributed by atoms with Crippen LogP contribution in [0.15, 0.2) is 28.6 Å². The van der Waals surface area contributed by atoms with E-state index in [2.05, 4.69) is 54.4 Å². The normalized spacial score (nSPS) is 30.7. The number of nitrogens with two attached hydrogens (primary N) is 1. The van der Waals surface area contributed by atoms with E-state index in [9.17, 15) is 28.9 Å². The molecule has 4 aromatic rings. The standard InChI is InChI=1S/C20H24FN9O10P2S3/c21-8-12(39-41(35)43)6(38-18(8)29-4-25-9-14(29)23-3-24-16(9)33)2-37-42(36,44)40-13-11(32)7(1-31)45-19(13)30-5-26-10-15(30)27-20(22)28-17(10)34/h3-8,11-13,18-19,31-32,41H,1-2H2,(H,35,43)(H,36,44)(H,23,24,33)(H3,22,27,28,34)/t6-,7-,8+,11-,12-,13-,18-,19-,42?/m1/s1. The lowest BCUT2D eigenvalue weighted by Crippen LogP contribution is -2.35. The van der Waals surface area contributed by atoms with E-state index < -0.39 is 85.8 Å². The Hall–Kier alpha value is -2.30. The summed E-state index contributed by atoms with van der Waals surface area (Å²) in [5.41, 5.74) is 4.38. The molecule has 0 amide bonds. The number of thiol groups is 2. The van der Waals surface area contributed by atoms with E-state index in [1.54, 1.807) is 0 Å². The number of thioether (sulfide) groups is 1. The molecule has 4 aromatic heterocycles. The molecule has 2 aliphatic rings. The van der Waals surface area contributed by atoms with E-state index in [1.807, 2.05) is 0 Å². The van der Waals surface area contributed by atoms with Crippen LogP contribution in [0.4, 0.5) is 10.3 Å². The van der Waals surface area contributed by atoms with Crippen molar-refractivity contribution in [1.29, 1.82) is 0 Å². The minimum Gasteiger partial charge on any atom is -0.395 e. The van der Waals surface area contributed by atoms with Gasteiger partial charge in [-0.15, -0.1) is 11.8 Å². The van der Waals surface area contributed by atoms with E-state index in [-0.39, 0.29) is 28.3 Å². The molecule has 2 saturated heterocycles. The van der Waals surface area contributed by atoms with Gasteiger partial charge in [-0.25, -0.2) is 23.9 Å². The van der Waals surface area contributed by atoms with Crippen LogP contribution in [0.2, 0.25) is 0 Å². The Bertz CT molecular complexity index is 1930. The predicted molar refractivity (Wildman–Crippen MR) is 163 cm³/mol. The van der Waals surface area contributed by atoms with Gasteiger partial charge in [-0.05, 0) is 0 Å². The van der Waals surface area contributed by atoms with Crippen molar-refractivity contribution in [2.24, 2.45) is 0 Å². The highest BCUT2D eigenvalue weighted by molar-refractivity contribution is 8.44. The highest BCUT2D eigenvalue weighted by Gasteiger charge is 2.51. The van der Waals surface area contributed by atoms with Gasteiger partial charge in [-0.1, -0.05) is 24.5 Å². The predicted octanol–water partition coefficient (Wildman–Crippen LogP) is 0.182. The number of aromatic amines is 2. The van der Waals surface area contributed by atoms with Gasteiger partial charge in [0.15, 0.2) is 34.7 Å². The zero-order valence-electron chi connectivity index (χ0n) is 22.3. The van der Waals surface area contributed by atoms with Crippen LogP contribution in [0.1, 0.15) is 11.6 Å². The fraction of sp³-hybridized carbons (Fsp3) is 0.500. The average molecular weight is 728 g/mol. The molecule has 6 rings (SSSR count). The van der Waals surface area contributed by atoms with Gasteiger partial charge >= 0.3 is 6.80 Å². The summed E-state index contributed by atoms with van der Waals surface area (Å²) in [6, 6.07) is 0. The highest BCUT2D eigenvalue weighted by atomic mass is 32.7. The maximum atomic E-state index is 15.7. The molecule has 10 atom stereocenters. The molecule has 25 heteroatoms. The number of nitrogens with zero attached hydrogens (tertiary/aromatic N) is 6. The molecular formula is C20H24FN9O10P2S3. The van der Waals surface area contributed by atoms with Crippen LogP contribution in [0.5, 0.6) is 0 Å². The second-order valence-corrected chi connectivity index (χ2v) is 15.9. The number of anilines is 1. The summed E-state index contributed by atoms with van der Waals surface area (Å²) in [6.07, 6.45) is -5.67. The third-order valence-electron chi connectivity index (χ3n) is 7.02. The summed E-state index contributed by atoms with van der Waals surface area (Å²) >= 11 is 8.79. The Kier molecular flexibility index (Phi) is 9.22. The van der Waals surface area contributed by atoms with Gasteiger partial charge in [-0.2, -0.15) is 4.98 Å². The molecule has 0 radical (unpaired) electrons. The fourth-order valence-electron chi connectivity index (χ4n) is 5.05. The SMILES string of the molecule is Nc1nc2c(ncn2[C@@H]2S[C@H](CO)[C@@H](O)[C@H]2OP(=O)(S)OC[C@H]2O[C@@H](n3cnc4c(=O)[nH]cnc43)[C@@H](F)[C@@H]2O[PH](=O)S)c(=O)[nH]1. The highest BCUT2D eigenvalue weighted by Crippen LogP contribution is 2.59. The minimum atomic E-state index is -4.42. The van der Waals surface area contributed by atoms with Crippen LogP contribution in [-0.4, -0.2) is 98.3 Å². The fourth-order valence-corrected chi connectivity index (χ4v) is 8.90. The number of fused-ring (bicyclic) bond motifs is 2. The molecule has 244 valence electrons. The van der Waals surface area contributed by atoms with Gasteiger partial charge in [0.05, 0.1) is 43.5 Å². The lowest BCUT2D eigenvalue weighted by atomic mass is 10.1. The van der Waals surface area contributed by atoms with Gasteiger partial charge in [0.25, 0.3) is 11.1 Å². The van der Waals surface area contributed by atoms with Gasteiger partial charge in [0.1, 0.15) is 23.7 Å². The van der Waals surface area contributed by atoms with Gasteiger partial charge in [-0.3, -0.25) is 37.3 Å². The van der Waals surface area contributed by atoms with Crippen molar-refractivity contribution in [2.45, 2.75) is 47.4 Å². The number of hydrogen-bond donors (Lipinski definition) is 7. The largest absolute Gasteiger partial charge is 0.395 e. The minimum absolute atomic E-state index is 0.00379. The molecule has 45 heavy (non-hydrogen) atoms. The molecule has 2 unspecified atom stereocenters. The third kappa shape index (κ3) is 6.23. The van der Waals surface area contributed by atoms with Crippen molar-refractivity contribution in [3.8, 4) is 0 Å². The molecule has 0 bridgehead atoms. The van der Waals surface area contributed by atoms with Crippen LogP contribution in [0, 0.1) is 0 Å². The number of ether oxygens (including phenoxy) is 1. The number of nitrogens with one attached hydrogen (secondary N) is 2. The smallest absolute Gasteiger partial charge is 0.386 e. The van der Waals surface area contributed by atoms with Gasteiger partial charge in [0, 0.05) is 0 Å². The number of rotatable bonds is 10. The Morgan fingerprint density at radius 3 is 2.60 bits per heavy atom. The lowest BCUT2D eigenvalue weighted by Gasteiger charge is -2.26. The number of nitrogen functional groups attached to an aromatic ring is 1. The number of aliphatic hydroxyl groups is 2. The van der Waals surface area contributed by atoms with Crippen molar-refractivity contribution in [3.05, 3.63) is 39.7 Å². The zero-order valence-corrected chi connectivity index (χ0v) is 26.8. The quantitative estimate of drug-likeness (QED) is 0.0849. The maximum Gasteiger partial charge on any atom is 0.386 e. The molecule has 6 N–H and O–H groups in total. The third-order valence-corrected chi connectivity index (χ3v) is 11.0. The summed E-state index contributed by atoms with van der Waals surface area (Å²) in [7, 11) is -3.02. The Morgan fingerprint density at radius 1 is 1.18 bits per heavy atom. The van der Waals surface area contributed by atoms with E-state index in [0.29, 0.717) is 0 Å². The Labute approximate surface area is 265 Å². The van der Waals surface area contributed by atoms with Crippen molar-refractivity contribution in [1.82, 2.24) is 39.0 Å². The van der Waals surface area contributed by atoms with Crippen molar-refractivity contribution < 1.29 is 42.0 Å². The van der Waals surface area contributed by atoms with Crippen LogP contribution < -0.4 is 16.9 Å². The number of hydrogen-bond acceptors (Lipinski definition) is 16. The van der Waals surface area contributed by atoms with Crippen LogP contribution in [0.25, 0.3) is 22.3 Å². The summed E-state index contributed by atoms with van der Waals surface area (Å²) < 4.78 is 65.6. The van der Waals surface area contributed by atoms with E-state index in [0.717, 1.165) is 29.0 Å². The van der Waals surface area contributed by atoms with E-state index >= 15 is 4.39 Å². The number of halogens is 1. The first kappa shape index (κ1) is 32.6. The molecular weight excluding hydrogens is 703 g/mol. The van der Waals surface area contributed by atoms with Gasteiger partial charge in [0.2, 0.25) is 13.2 Å². The van der Waals surface area contributed by atoms with E-state index in [1.165, 1.54) is 10.9 Å². The number of aromatic nitrogens is 8. The molecule has 0 aliphatic carbocycles. The second-order valence-electron chi connectivity index (χ2n) is 9.76. The Balaban J connectivity index is 1.23. The van der Waals surface area contributed by atoms with Crippen LogP contribution in [-0.2, 0) is 27.4 Å². The summed E-state index contributed by atoms with van der Waals surface area (Å²) in [5.74, 6) is -0.204. The molecule has 6 heterocycles. The molecule has 0 saturated carbocycles. The average Bonchev–Trinajstić information content (AvgIpc) is 3.73. The number of alkyl halides is 1. The number of aliphatic hydroxyl groups excluding tert-OH is 2. The maximum absolute atomic E-state index is 15.7.